The second kappa shape index (κ2) is 8.84. The SMILES string of the molecule is COC(=O)C(C(=O)c1c[nH]c2ccccc12)C(=O)[C@H](Cc1ccccc1)N(C)C. The maximum atomic E-state index is 13.4. The van der Waals surface area contributed by atoms with Crippen LogP contribution >= 0.6 is 0 Å². The minimum absolute atomic E-state index is 0.307. The number of fused-ring (bicyclic) bond motifs is 1. The lowest BCUT2D eigenvalue weighted by Crippen LogP contribution is -2.46. The fraction of sp³-hybridized carbons (Fsp3) is 0.261. The standard InChI is InChI=1S/C23H24N2O4/c1-25(2)19(13-15-9-5-4-6-10-15)22(27)20(23(28)29-3)21(26)17-14-24-18-12-8-7-11-16(17)18/h4-12,14,19-20,24H,13H2,1-3H3/t19-,20?/m0/s1. The van der Waals surface area contributed by atoms with Gasteiger partial charge in [-0.05, 0) is 32.1 Å². The van der Waals surface area contributed by atoms with Gasteiger partial charge in [-0.25, -0.2) is 0 Å². The summed E-state index contributed by atoms with van der Waals surface area (Å²) in [6.07, 6.45) is 1.93. The Morgan fingerprint density at radius 3 is 2.31 bits per heavy atom. The molecule has 1 aromatic heterocycles. The minimum Gasteiger partial charge on any atom is -0.468 e. The van der Waals surface area contributed by atoms with Crippen molar-refractivity contribution >= 4 is 28.4 Å². The Morgan fingerprint density at radius 2 is 1.66 bits per heavy atom. The van der Waals surface area contributed by atoms with Crippen molar-refractivity contribution in [3.05, 3.63) is 71.9 Å². The number of carbonyl (C=O) groups is 3. The number of esters is 1. The molecule has 0 fully saturated rings. The van der Waals surface area contributed by atoms with Gasteiger partial charge in [-0.15, -0.1) is 0 Å². The lowest BCUT2D eigenvalue weighted by atomic mass is 9.87. The molecule has 1 heterocycles. The quantitative estimate of drug-likeness (QED) is 0.362. The number of nitrogens with one attached hydrogen (secondary N) is 1. The van der Waals surface area contributed by atoms with E-state index in [9.17, 15) is 14.4 Å². The van der Waals surface area contributed by atoms with Gasteiger partial charge < -0.3 is 9.72 Å². The van der Waals surface area contributed by atoms with E-state index in [0.717, 1.165) is 11.1 Å². The van der Waals surface area contributed by atoms with Gasteiger partial charge in [0.25, 0.3) is 0 Å². The zero-order chi connectivity index (χ0) is 21.0. The van der Waals surface area contributed by atoms with Gasteiger partial charge in [-0.1, -0.05) is 48.5 Å². The summed E-state index contributed by atoms with van der Waals surface area (Å²) in [5, 5.41) is 0.670. The molecule has 3 aromatic rings. The number of H-pyrrole nitrogens is 1. The van der Waals surface area contributed by atoms with Gasteiger partial charge in [0, 0.05) is 22.7 Å². The molecule has 0 aliphatic rings. The number of likely N-dealkylation sites (N-methyl/N-ethyl adjacent to an activating group) is 1. The number of aromatic amines is 1. The third-order valence-corrected chi connectivity index (χ3v) is 5.06. The van der Waals surface area contributed by atoms with E-state index in [-0.39, 0.29) is 0 Å². The van der Waals surface area contributed by atoms with Crippen molar-refractivity contribution in [3.63, 3.8) is 0 Å². The molecule has 0 aliphatic heterocycles. The van der Waals surface area contributed by atoms with Crippen molar-refractivity contribution in [1.29, 1.82) is 0 Å². The summed E-state index contributed by atoms with van der Waals surface area (Å²) in [5.41, 5.74) is 2.02. The average Bonchev–Trinajstić information content (AvgIpc) is 3.16. The van der Waals surface area contributed by atoms with Crippen molar-refractivity contribution in [2.75, 3.05) is 21.2 Å². The molecule has 1 unspecified atom stereocenters. The molecule has 6 heteroatoms. The van der Waals surface area contributed by atoms with Crippen molar-refractivity contribution in [3.8, 4) is 0 Å². The Balaban J connectivity index is 1.97. The van der Waals surface area contributed by atoms with Crippen LogP contribution in [0.15, 0.2) is 60.8 Å². The highest BCUT2D eigenvalue weighted by Crippen LogP contribution is 2.24. The number of carbonyl (C=O) groups excluding carboxylic acids is 3. The number of hydrogen-bond acceptors (Lipinski definition) is 5. The summed E-state index contributed by atoms with van der Waals surface area (Å²) in [5.74, 6) is -3.39. The molecule has 0 bridgehead atoms. The van der Waals surface area contributed by atoms with Crippen LogP contribution in [0.5, 0.6) is 0 Å². The van der Waals surface area contributed by atoms with Gasteiger partial charge in [0.2, 0.25) is 0 Å². The Bertz CT molecular complexity index is 1020. The summed E-state index contributed by atoms with van der Waals surface area (Å²) in [6, 6.07) is 16.1. The monoisotopic (exact) mass is 392 g/mol. The van der Waals surface area contributed by atoms with E-state index in [0.29, 0.717) is 17.4 Å². The maximum Gasteiger partial charge on any atom is 0.324 e. The number of para-hydroxylation sites is 1. The molecule has 3 rings (SSSR count). The molecule has 2 atom stereocenters. The number of Topliss-reactive ketones (excluding diaryl/α,β-unsaturated/α-hetero) is 2. The van der Waals surface area contributed by atoms with E-state index < -0.39 is 29.5 Å². The van der Waals surface area contributed by atoms with Gasteiger partial charge in [0.05, 0.1) is 13.2 Å². The van der Waals surface area contributed by atoms with Gasteiger partial charge in [-0.3, -0.25) is 19.3 Å². The van der Waals surface area contributed by atoms with E-state index in [2.05, 4.69) is 4.98 Å². The van der Waals surface area contributed by atoms with Gasteiger partial charge in [-0.2, -0.15) is 0 Å². The largest absolute Gasteiger partial charge is 0.468 e. The van der Waals surface area contributed by atoms with Crippen LogP contribution in [-0.2, 0) is 20.7 Å². The predicted octanol–water partition coefficient (Wildman–Crippen LogP) is 2.88. The molecular weight excluding hydrogens is 368 g/mol. The molecule has 1 N–H and O–H groups in total. The zero-order valence-electron chi connectivity index (χ0n) is 16.7. The number of ether oxygens (including phenoxy) is 1. The first kappa shape index (κ1) is 20.5. The molecule has 0 saturated heterocycles. The molecule has 29 heavy (non-hydrogen) atoms. The first-order valence-corrected chi connectivity index (χ1v) is 9.36. The Labute approximate surface area is 169 Å². The van der Waals surface area contributed by atoms with Crippen LogP contribution in [0.1, 0.15) is 15.9 Å². The molecule has 6 nitrogen and oxygen atoms in total. The van der Waals surface area contributed by atoms with Gasteiger partial charge in [0.1, 0.15) is 0 Å². The number of ketones is 2. The highest BCUT2D eigenvalue weighted by Gasteiger charge is 2.40. The first-order chi connectivity index (χ1) is 13.9. The number of nitrogens with zero attached hydrogens (tertiary/aromatic N) is 1. The molecule has 150 valence electrons. The van der Waals surface area contributed by atoms with Crippen LogP contribution in [0.25, 0.3) is 10.9 Å². The average molecular weight is 392 g/mol. The molecule has 0 amide bonds. The Hall–Kier alpha value is -3.25. The second-order valence-electron chi connectivity index (χ2n) is 7.14. The van der Waals surface area contributed by atoms with E-state index in [1.54, 1.807) is 31.1 Å². The third-order valence-electron chi connectivity index (χ3n) is 5.06. The van der Waals surface area contributed by atoms with Crippen molar-refractivity contribution < 1.29 is 19.1 Å². The van der Waals surface area contributed by atoms with Crippen molar-refractivity contribution in [1.82, 2.24) is 9.88 Å². The van der Waals surface area contributed by atoms with Crippen LogP contribution in [0.4, 0.5) is 0 Å². The van der Waals surface area contributed by atoms with E-state index in [1.165, 1.54) is 13.3 Å². The summed E-state index contributed by atoms with van der Waals surface area (Å²) in [6.45, 7) is 0. The lowest BCUT2D eigenvalue weighted by molar-refractivity contribution is -0.148. The lowest BCUT2D eigenvalue weighted by Gasteiger charge is -2.26. The summed E-state index contributed by atoms with van der Waals surface area (Å²) in [7, 11) is 4.71. The van der Waals surface area contributed by atoms with E-state index in [1.807, 2.05) is 42.5 Å². The van der Waals surface area contributed by atoms with Crippen LogP contribution < -0.4 is 0 Å². The fourth-order valence-electron chi connectivity index (χ4n) is 3.47. The maximum absolute atomic E-state index is 13.4. The Morgan fingerprint density at radius 1 is 1.00 bits per heavy atom. The number of hydrogen-bond donors (Lipinski definition) is 1. The number of benzene rings is 2. The normalized spacial score (nSPS) is 13.2. The number of rotatable bonds is 8. The van der Waals surface area contributed by atoms with Crippen molar-refractivity contribution in [2.45, 2.75) is 12.5 Å². The van der Waals surface area contributed by atoms with Gasteiger partial charge in [0.15, 0.2) is 17.5 Å². The minimum atomic E-state index is -1.52. The predicted molar refractivity (Wildman–Crippen MR) is 111 cm³/mol. The Kier molecular flexibility index (Phi) is 6.24. The van der Waals surface area contributed by atoms with Crippen LogP contribution in [0, 0.1) is 5.92 Å². The molecule has 2 aromatic carbocycles. The summed E-state index contributed by atoms with van der Waals surface area (Å²) < 4.78 is 4.84. The first-order valence-electron chi connectivity index (χ1n) is 9.36. The molecule has 0 saturated carbocycles. The highest BCUT2D eigenvalue weighted by molar-refractivity contribution is 6.26. The second-order valence-corrected chi connectivity index (χ2v) is 7.14. The summed E-state index contributed by atoms with van der Waals surface area (Å²) >= 11 is 0. The van der Waals surface area contributed by atoms with E-state index in [4.69, 9.17) is 4.74 Å². The van der Waals surface area contributed by atoms with Crippen LogP contribution in [0.2, 0.25) is 0 Å². The number of aromatic nitrogens is 1. The molecular formula is C23H24N2O4. The van der Waals surface area contributed by atoms with E-state index >= 15 is 0 Å². The van der Waals surface area contributed by atoms with Crippen molar-refractivity contribution in [2.24, 2.45) is 5.92 Å². The topological polar surface area (TPSA) is 79.5 Å². The molecule has 0 radical (unpaired) electrons. The fourth-order valence-corrected chi connectivity index (χ4v) is 3.47. The zero-order valence-corrected chi connectivity index (χ0v) is 16.7. The third kappa shape index (κ3) is 4.27. The van der Waals surface area contributed by atoms with Crippen LogP contribution in [0.3, 0.4) is 0 Å². The highest BCUT2D eigenvalue weighted by atomic mass is 16.5. The summed E-state index contributed by atoms with van der Waals surface area (Å²) in [4.78, 5) is 43.9. The molecule has 0 spiro atoms. The number of methoxy groups -OCH3 is 1. The van der Waals surface area contributed by atoms with Crippen LogP contribution in [-0.4, -0.2) is 54.7 Å². The van der Waals surface area contributed by atoms with Gasteiger partial charge >= 0.3 is 5.97 Å². The smallest absolute Gasteiger partial charge is 0.324 e. The molecule has 0 aliphatic carbocycles.